The Balaban J connectivity index is 1.98. The monoisotopic (exact) mass is 595 g/mol. The van der Waals surface area contributed by atoms with Crippen LogP contribution in [0, 0.1) is 12.8 Å². The van der Waals surface area contributed by atoms with Gasteiger partial charge in [-0.25, -0.2) is 9.59 Å². The van der Waals surface area contributed by atoms with Crippen LogP contribution in [0.15, 0.2) is 48.5 Å². The molecule has 234 valence electrons. The summed E-state index contributed by atoms with van der Waals surface area (Å²) in [5, 5.41) is 15.6. The van der Waals surface area contributed by atoms with Crippen molar-refractivity contribution in [3.63, 3.8) is 0 Å². The summed E-state index contributed by atoms with van der Waals surface area (Å²) in [5.41, 5.74) is 0.259. The number of phenols is 1. The summed E-state index contributed by atoms with van der Waals surface area (Å²) in [6.45, 7) is 13.7. The molecule has 4 unspecified atom stereocenters. The van der Waals surface area contributed by atoms with Gasteiger partial charge in [-0.1, -0.05) is 43.3 Å². The molecule has 1 aliphatic carbocycles. The molecule has 4 atom stereocenters. The first-order valence-corrected chi connectivity index (χ1v) is 14.6. The number of phenolic OH excluding ortho intramolecular Hbond substituents is 1. The zero-order valence-corrected chi connectivity index (χ0v) is 26.4. The molecule has 0 aliphatic heterocycles. The van der Waals surface area contributed by atoms with E-state index in [1.165, 1.54) is 11.0 Å². The molecule has 3 amide bonds. The van der Waals surface area contributed by atoms with Gasteiger partial charge in [-0.3, -0.25) is 9.59 Å². The Morgan fingerprint density at radius 3 is 2.12 bits per heavy atom. The lowest BCUT2D eigenvalue weighted by Gasteiger charge is -2.34. The average Bonchev–Trinajstić information content (AvgIpc) is 3.61. The van der Waals surface area contributed by atoms with E-state index in [4.69, 9.17) is 9.47 Å². The highest BCUT2D eigenvalue weighted by molar-refractivity contribution is 5.93. The van der Waals surface area contributed by atoms with Crippen LogP contribution in [-0.2, 0) is 30.3 Å². The van der Waals surface area contributed by atoms with Gasteiger partial charge in [0.15, 0.2) is 0 Å². The highest BCUT2D eigenvalue weighted by Crippen LogP contribution is 2.41. The van der Waals surface area contributed by atoms with Crippen LogP contribution in [0.5, 0.6) is 5.75 Å². The molecule has 1 aliphatic rings. The first-order valence-electron chi connectivity index (χ1n) is 14.6. The first-order chi connectivity index (χ1) is 19.9. The minimum atomic E-state index is -1.15. The number of hydrogen-bond donors (Lipinski definition) is 3. The van der Waals surface area contributed by atoms with Gasteiger partial charge < -0.3 is 30.1 Å². The molecule has 3 N–H and O–H groups in total. The van der Waals surface area contributed by atoms with E-state index in [-0.39, 0.29) is 24.1 Å². The van der Waals surface area contributed by atoms with E-state index < -0.39 is 53.7 Å². The van der Waals surface area contributed by atoms with E-state index in [1.54, 1.807) is 60.6 Å². The van der Waals surface area contributed by atoms with E-state index in [9.17, 15) is 24.3 Å². The third kappa shape index (κ3) is 10.0. The van der Waals surface area contributed by atoms with Crippen molar-refractivity contribution < 1.29 is 33.8 Å². The summed E-state index contributed by atoms with van der Waals surface area (Å²) in [5.74, 6) is -1.51. The molecule has 1 fully saturated rings. The third-order valence-corrected chi connectivity index (χ3v) is 6.85. The highest BCUT2D eigenvalue weighted by Gasteiger charge is 2.47. The van der Waals surface area contributed by atoms with Gasteiger partial charge in [-0.15, -0.1) is 0 Å². The maximum absolute atomic E-state index is 14.2. The molecule has 2 aromatic rings. The maximum Gasteiger partial charge on any atom is 0.408 e. The Bertz CT molecular complexity index is 1310. The molecule has 0 spiro atoms. The Hall–Kier alpha value is -4.08. The lowest BCUT2D eigenvalue weighted by atomic mass is 9.99. The van der Waals surface area contributed by atoms with Gasteiger partial charge in [0.2, 0.25) is 11.8 Å². The van der Waals surface area contributed by atoms with Crippen LogP contribution in [0.3, 0.4) is 0 Å². The third-order valence-electron chi connectivity index (χ3n) is 6.85. The molecule has 0 heterocycles. The number of alkyl carbamates (subject to hydrolysis) is 1. The Kier molecular flexibility index (Phi) is 10.5. The van der Waals surface area contributed by atoms with Crippen molar-refractivity contribution in [1.82, 2.24) is 15.5 Å². The van der Waals surface area contributed by atoms with Crippen molar-refractivity contribution in [2.24, 2.45) is 5.92 Å². The van der Waals surface area contributed by atoms with Gasteiger partial charge in [0.05, 0.1) is 0 Å². The van der Waals surface area contributed by atoms with Crippen molar-refractivity contribution in [2.45, 2.75) is 97.6 Å². The van der Waals surface area contributed by atoms with Gasteiger partial charge >= 0.3 is 12.1 Å². The van der Waals surface area contributed by atoms with E-state index >= 15 is 0 Å². The van der Waals surface area contributed by atoms with Crippen molar-refractivity contribution in [1.29, 1.82) is 0 Å². The number of nitrogens with zero attached hydrogens (tertiary/aromatic N) is 1. The minimum Gasteiger partial charge on any atom is -0.508 e. The number of aryl methyl sites for hydroxylation is 1. The summed E-state index contributed by atoms with van der Waals surface area (Å²) in [4.78, 5) is 55.1. The molecule has 10 heteroatoms. The van der Waals surface area contributed by atoms with Gasteiger partial charge in [-0.2, -0.15) is 0 Å². The lowest BCUT2D eigenvalue weighted by molar-refractivity contribution is -0.159. The Labute approximate surface area is 254 Å². The largest absolute Gasteiger partial charge is 0.508 e. The molecule has 0 bridgehead atoms. The van der Waals surface area contributed by atoms with Gasteiger partial charge in [0.25, 0.3) is 0 Å². The zero-order chi connectivity index (χ0) is 32.1. The van der Waals surface area contributed by atoms with Gasteiger partial charge in [0.1, 0.15) is 35.6 Å². The fraction of sp³-hybridized carbons (Fsp3) is 0.515. The number of benzene rings is 2. The van der Waals surface area contributed by atoms with Crippen molar-refractivity contribution in [3.8, 4) is 5.75 Å². The molecule has 10 nitrogen and oxygen atoms in total. The normalized spacial score (nSPS) is 17.7. The molecular weight excluding hydrogens is 550 g/mol. The highest BCUT2D eigenvalue weighted by atomic mass is 16.6. The van der Waals surface area contributed by atoms with Crippen molar-refractivity contribution in [2.75, 3.05) is 6.54 Å². The average molecular weight is 596 g/mol. The number of carbonyl (C=O) groups excluding carboxylic acids is 4. The van der Waals surface area contributed by atoms with E-state index in [2.05, 4.69) is 10.6 Å². The molecule has 2 aromatic carbocycles. The summed E-state index contributed by atoms with van der Waals surface area (Å²) >= 11 is 0. The van der Waals surface area contributed by atoms with Crippen molar-refractivity contribution >= 4 is 23.9 Å². The Morgan fingerprint density at radius 2 is 1.58 bits per heavy atom. The summed E-state index contributed by atoms with van der Waals surface area (Å²) in [6, 6.07) is 11.5. The summed E-state index contributed by atoms with van der Waals surface area (Å²) < 4.78 is 10.9. The molecule has 1 saturated carbocycles. The van der Waals surface area contributed by atoms with Gasteiger partial charge in [0, 0.05) is 12.5 Å². The fourth-order valence-electron chi connectivity index (χ4n) is 4.72. The van der Waals surface area contributed by atoms with Crippen LogP contribution in [0.2, 0.25) is 0 Å². The van der Waals surface area contributed by atoms with Crippen LogP contribution >= 0.6 is 0 Å². The van der Waals surface area contributed by atoms with Crippen LogP contribution < -0.4 is 10.6 Å². The van der Waals surface area contributed by atoms with Crippen LogP contribution in [0.25, 0.3) is 0 Å². The number of carbonyl (C=O) groups is 4. The summed E-state index contributed by atoms with van der Waals surface area (Å²) in [7, 11) is 0. The lowest BCUT2D eigenvalue weighted by Crippen LogP contribution is -2.53. The number of rotatable bonds is 10. The van der Waals surface area contributed by atoms with Crippen LogP contribution in [-0.4, -0.2) is 63.7 Å². The quantitative estimate of drug-likeness (QED) is 0.343. The number of amides is 3. The molecule has 0 aromatic heterocycles. The smallest absolute Gasteiger partial charge is 0.408 e. The SMILES string of the molecule is Cc1cc(C(C(=O)NC(Cc2ccccc2)C(=O)OC(C)(C)C)N(C(=O)CNC(=O)OC(C)(C)C)C2CC2C)ccc1O. The minimum absolute atomic E-state index is 0.0443. The Morgan fingerprint density at radius 1 is 0.977 bits per heavy atom. The fourth-order valence-corrected chi connectivity index (χ4v) is 4.72. The number of hydrogen-bond acceptors (Lipinski definition) is 7. The second kappa shape index (κ2) is 13.5. The van der Waals surface area contributed by atoms with Crippen LogP contribution in [0.4, 0.5) is 4.79 Å². The van der Waals surface area contributed by atoms with E-state index in [1.807, 2.05) is 37.3 Å². The standard InChI is InChI=1S/C33H45N3O7/c1-20-17-25(20)36(27(38)19-34-31(41)43-33(6,7)8)28(23-14-15-26(37)21(2)16-23)29(39)35-24(30(40)42-32(3,4)5)18-22-12-10-9-11-13-22/h9-16,20,24-25,28,37H,17-19H2,1-8H3,(H,34,41)(H,35,39). The number of nitrogens with one attached hydrogen (secondary N) is 2. The first kappa shape index (κ1) is 33.4. The maximum atomic E-state index is 14.2. The molecule has 0 saturated heterocycles. The van der Waals surface area contributed by atoms with E-state index in [0.29, 0.717) is 17.5 Å². The molecule has 43 heavy (non-hydrogen) atoms. The zero-order valence-electron chi connectivity index (χ0n) is 26.4. The predicted molar refractivity (Wildman–Crippen MR) is 162 cm³/mol. The number of aromatic hydroxyl groups is 1. The van der Waals surface area contributed by atoms with Crippen molar-refractivity contribution in [3.05, 3.63) is 65.2 Å². The second-order valence-electron chi connectivity index (χ2n) is 13.2. The molecule has 0 radical (unpaired) electrons. The molecule has 3 rings (SSSR count). The second-order valence-corrected chi connectivity index (χ2v) is 13.2. The molecular formula is C33H45N3O7. The predicted octanol–water partition coefficient (Wildman–Crippen LogP) is 4.57. The topological polar surface area (TPSA) is 134 Å². The van der Waals surface area contributed by atoms with Crippen LogP contribution in [0.1, 0.15) is 77.6 Å². The summed E-state index contributed by atoms with van der Waals surface area (Å²) in [6.07, 6.45) is 0.0916. The van der Waals surface area contributed by atoms with E-state index in [0.717, 1.165) is 5.56 Å². The van der Waals surface area contributed by atoms with Gasteiger partial charge in [-0.05, 0) is 89.6 Å². The number of ether oxygens (including phenoxy) is 2. The number of esters is 1.